The highest BCUT2D eigenvalue weighted by atomic mass is 16.5. The maximum atomic E-state index is 8.81. The molecule has 2 heteroatoms. The van der Waals surface area contributed by atoms with Crippen LogP contribution in [0.15, 0.2) is 24.3 Å². The van der Waals surface area contributed by atoms with E-state index in [1.54, 1.807) is 7.11 Å². The van der Waals surface area contributed by atoms with E-state index in [9.17, 15) is 0 Å². The fraction of sp³-hybridized carbons (Fsp3) is 0.364. The van der Waals surface area contributed by atoms with Crippen LogP contribution in [0.2, 0.25) is 0 Å². The standard InChI is InChI=1S/C11H13NO/c1-9(13-2)7-10-5-3-4-6-11(10)8-12/h3-6,9H,7H2,1-2H3. The fourth-order valence-electron chi connectivity index (χ4n) is 1.20. The van der Waals surface area contributed by atoms with Crippen LogP contribution in [0.3, 0.4) is 0 Å². The van der Waals surface area contributed by atoms with Gasteiger partial charge in [0.1, 0.15) is 0 Å². The SMILES string of the molecule is COC(C)Cc1ccccc1C#N. The van der Waals surface area contributed by atoms with Gasteiger partial charge in [0.15, 0.2) is 0 Å². The smallest absolute Gasteiger partial charge is 0.0994 e. The van der Waals surface area contributed by atoms with Crippen LogP contribution in [0.4, 0.5) is 0 Å². The molecule has 0 amide bonds. The monoisotopic (exact) mass is 175 g/mol. The summed E-state index contributed by atoms with van der Waals surface area (Å²) in [6.45, 7) is 1.99. The van der Waals surface area contributed by atoms with Crippen LogP contribution in [0.5, 0.6) is 0 Å². The van der Waals surface area contributed by atoms with Crippen LogP contribution in [-0.4, -0.2) is 13.2 Å². The summed E-state index contributed by atoms with van der Waals surface area (Å²) in [6.07, 6.45) is 0.953. The van der Waals surface area contributed by atoms with Crippen LogP contribution in [-0.2, 0) is 11.2 Å². The number of methoxy groups -OCH3 is 1. The van der Waals surface area contributed by atoms with Gasteiger partial charge in [-0.15, -0.1) is 0 Å². The van der Waals surface area contributed by atoms with Crippen molar-refractivity contribution in [2.75, 3.05) is 7.11 Å². The van der Waals surface area contributed by atoms with E-state index in [1.807, 2.05) is 31.2 Å². The second kappa shape index (κ2) is 4.64. The molecular weight excluding hydrogens is 162 g/mol. The van der Waals surface area contributed by atoms with Crippen molar-refractivity contribution in [3.05, 3.63) is 35.4 Å². The summed E-state index contributed by atoms with van der Waals surface area (Å²) < 4.78 is 5.14. The van der Waals surface area contributed by atoms with Gasteiger partial charge in [0.25, 0.3) is 0 Å². The topological polar surface area (TPSA) is 33.0 Å². The lowest BCUT2D eigenvalue weighted by atomic mass is 10.0. The lowest BCUT2D eigenvalue weighted by Gasteiger charge is -2.09. The van der Waals surface area contributed by atoms with Crippen molar-refractivity contribution in [2.45, 2.75) is 19.4 Å². The molecule has 0 aliphatic rings. The molecule has 0 spiro atoms. The normalized spacial score (nSPS) is 12.1. The van der Waals surface area contributed by atoms with Gasteiger partial charge in [0, 0.05) is 7.11 Å². The maximum Gasteiger partial charge on any atom is 0.0994 e. The Kier molecular flexibility index (Phi) is 3.48. The molecular formula is C11H13NO. The quantitative estimate of drug-likeness (QED) is 0.705. The van der Waals surface area contributed by atoms with Crippen molar-refractivity contribution in [1.82, 2.24) is 0 Å². The van der Waals surface area contributed by atoms with E-state index in [0.717, 1.165) is 17.5 Å². The predicted molar refractivity (Wildman–Crippen MR) is 51.3 cm³/mol. The van der Waals surface area contributed by atoms with Gasteiger partial charge in [-0.25, -0.2) is 0 Å². The minimum absolute atomic E-state index is 0.162. The highest BCUT2D eigenvalue weighted by molar-refractivity contribution is 5.37. The Labute approximate surface area is 78.8 Å². The molecule has 0 aliphatic carbocycles. The van der Waals surface area contributed by atoms with Crippen molar-refractivity contribution in [2.24, 2.45) is 0 Å². The lowest BCUT2D eigenvalue weighted by Crippen LogP contribution is -2.09. The van der Waals surface area contributed by atoms with Crippen molar-refractivity contribution in [1.29, 1.82) is 5.26 Å². The number of nitriles is 1. The van der Waals surface area contributed by atoms with Crippen LogP contribution in [0.1, 0.15) is 18.1 Å². The Morgan fingerprint density at radius 3 is 2.77 bits per heavy atom. The first-order valence-corrected chi connectivity index (χ1v) is 4.28. The van der Waals surface area contributed by atoms with Crippen LogP contribution < -0.4 is 0 Å². The molecule has 2 nitrogen and oxygen atoms in total. The van der Waals surface area contributed by atoms with Gasteiger partial charge >= 0.3 is 0 Å². The number of benzene rings is 1. The molecule has 13 heavy (non-hydrogen) atoms. The van der Waals surface area contributed by atoms with Gasteiger partial charge in [-0.2, -0.15) is 5.26 Å². The summed E-state index contributed by atoms with van der Waals surface area (Å²) in [5.41, 5.74) is 1.80. The number of ether oxygens (including phenoxy) is 1. The molecule has 0 bridgehead atoms. The number of rotatable bonds is 3. The Bertz CT molecular complexity index is 314. The Morgan fingerprint density at radius 1 is 1.46 bits per heavy atom. The minimum Gasteiger partial charge on any atom is -0.381 e. The second-order valence-corrected chi connectivity index (χ2v) is 3.02. The number of hydrogen-bond acceptors (Lipinski definition) is 2. The molecule has 1 aromatic carbocycles. The van der Waals surface area contributed by atoms with Crippen LogP contribution in [0.25, 0.3) is 0 Å². The first kappa shape index (κ1) is 9.76. The van der Waals surface area contributed by atoms with E-state index >= 15 is 0 Å². The molecule has 1 unspecified atom stereocenters. The first-order chi connectivity index (χ1) is 6.27. The number of nitrogens with zero attached hydrogens (tertiary/aromatic N) is 1. The van der Waals surface area contributed by atoms with E-state index in [2.05, 4.69) is 6.07 Å². The van der Waals surface area contributed by atoms with Crippen molar-refractivity contribution >= 4 is 0 Å². The summed E-state index contributed by atoms with van der Waals surface area (Å²) in [7, 11) is 1.68. The molecule has 0 N–H and O–H groups in total. The van der Waals surface area contributed by atoms with E-state index in [-0.39, 0.29) is 6.10 Å². The Morgan fingerprint density at radius 2 is 2.15 bits per heavy atom. The highest BCUT2D eigenvalue weighted by Gasteiger charge is 2.05. The Balaban J connectivity index is 2.82. The zero-order chi connectivity index (χ0) is 9.68. The van der Waals surface area contributed by atoms with Crippen molar-refractivity contribution in [3.8, 4) is 6.07 Å². The van der Waals surface area contributed by atoms with Gasteiger partial charge in [0.2, 0.25) is 0 Å². The molecule has 0 aromatic heterocycles. The van der Waals surface area contributed by atoms with Crippen molar-refractivity contribution < 1.29 is 4.74 Å². The van der Waals surface area contributed by atoms with Crippen molar-refractivity contribution in [3.63, 3.8) is 0 Å². The van der Waals surface area contributed by atoms with Gasteiger partial charge < -0.3 is 4.74 Å². The van der Waals surface area contributed by atoms with E-state index in [0.29, 0.717) is 0 Å². The van der Waals surface area contributed by atoms with E-state index in [1.165, 1.54) is 0 Å². The average Bonchev–Trinajstić information content (AvgIpc) is 2.18. The van der Waals surface area contributed by atoms with Gasteiger partial charge in [0.05, 0.1) is 17.7 Å². The third-order valence-electron chi connectivity index (χ3n) is 2.05. The highest BCUT2D eigenvalue weighted by Crippen LogP contribution is 2.10. The summed E-state index contributed by atoms with van der Waals surface area (Å²) in [6, 6.07) is 9.78. The number of hydrogen-bond donors (Lipinski definition) is 0. The molecule has 0 radical (unpaired) electrons. The molecule has 1 atom stereocenters. The largest absolute Gasteiger partial charge is 0.381 e. The van der Waals surface area contributed by atoms with Gasteiger partial charge in [-0.05, 0) is 25.0 Å². The van der Waals surface area contributed by atoms with Crippen LogP contribution >= 0.6 is 0 Å². The summed E-state index contributed by atoms with van der Waals surface area (Å²) in [5, 5.41) is 8.81. The minimum atomic E-state index is 0.162. The summed E-state index contributed by atoms with van der Waals surface area (Å²) >= 11 is 0. The third-order valence-corrected chi connectivity index (χ3v) is 2.05. The zero-order valence-electron chi connectivity index (χ0n) is 7.95. The van der Waals surface area contributed by atoms with E-state index in [4.69, 9.17) is 10.00 Å². The first-order valence-electron chi connectivity index (χ1n) is 4.28. The maximum absolute atomic E-state index is 8.81. The van der Waals surface area contributed by atoms with Gasteiger partial charge in [-0.1, -0.05) is 18.2 Å². The van der Waals surface area contributed by atoms with E-state index < -0.39 is 0 Å². The van der Waals surface area contributed by atoms with Crippen LogP contribution in [0, 0.1) is 11.3 Å². The molecule has 1 rings (SSSR count). The predicted octanol–water partition coefficient (Wildman–Crippen LogP) is 2.14. The average molecular weight is 175 g/mol. The molecule has 0 heterocycles. The zero-order valence-corrected chi connectivity index (χ0v) is 7.95. The molecule has 0 fully saturated rings. The third kappa shape index (κ3) is 2.57. The lowest BCUT2D eigenvalue weighted by molar-refractivity contribution is 0.119. The molecule has 68 valence electrons. The molecule has 0 saturated carbocycles. The molecule has 0 aliphatic heterocycles. The fourth-order valence-corrected chi connectivity index (χ4v) is 1.20. The second-order valence-electron chi connectivity index (χ2n) is 3.02. The summed E-state index contributed by atoms with van der Waals surface area (Å²) in [5.74, 6) is 0. The molecule has 1 aromatic rings. The summed E-state index contributed by atoms with van der Waals surface area (Å²) in [4.78, 5) is 0. The molecule has 0 saturated heterocycles. The van der Waals surface area contributed by atoms with Gasteiger partial charge in [-0.3, -0.25) is 0 Å². The Hall–Kier alpha value is -1.33.